The summed E-state index contributed by atoms with van der Waals surface area (Å²) in [6, 6.07) is 7.66. The van der Waals surface area contributed by atoms with Gasteiger partial charge in [0, 0.05) is 11.1 Å². The molecular formula is C22H21F3O3. The molecule has 0 aliphatic carbocycles. The third-order valence-electron chi connectivity index (χ3n) is 4.08. The van der Waals surface area contributed by atoms with Crippen molar-refractivity contribution in [1.29, 1.82) is 0 Å². The van der Waals surface area contributed by atoms with E-state index < -0.39 is 23.5 Å². The first-order valence-corrected chi connectivity index (χ1v) is 8.92. The lowest BCUT2D eigenvalue weighted by Gasteiger charge is -2.09. The Kier molecular flexibility index (Phi) is 7.11. The molecule has 0 saturated carbocycles. The zero-order chi connectivity index (χ0) is 20.7. The number of ether oxygens (including phenoxy) is 1. The first kappa shape index (κ1) is 21.4. The van der Waals surface area contributed by atoms with Crippen LogP contribution in [0.3, 0.4) is 0 Å². The standard InChI is InChI=1S/C22H21F3O3/c1-3-4-5-12-28-21(27)18-9-7-16(15(2)13-18)6-8-17-10-11-19(26)14-20(17)22(23,24)25/h7,9-11,13-14,26H,3-5,12H2,1-2H3. The van der Waals surface area contributed by atoms with E-state index in [-0.39, 0.29) is 5.56 Å². The Bertz CT molecular complexity index is 905. The predicted molar refractivity (Wildman–Crippen MR) is 100 cm³/mol. The maximum atomic E-state index is 13.1. The molecule has 0 atom stereocenters. The minimum atomic E-state index is -4.62. The maximum Gasteiger partial charge on any atom is 0.417 e. The second-order valence-corrected chi connectivity index (χ2v) is 6.35. The van der Waals surface area contributed by atoms with Gasteiger partial charge in [0.15, 0.2) is 0 Å². The molecule has 2 aromatic carbocycles. The molecule has 0 spiro atoms. The number of hydrogen-bond acceptors (Lipinski definition) is 3. The molecule has 6 heteroatoms. The van der Waals surface area contributed by atoms with Crippen LogP contribution in [-0.2, 0) is 10.9 Å². The van der Waals surface area contributed by atoms with E-state index in [2.05, 4.69) is 18.8 Å². The summed E-state index contributed by atoms with van der Waals surface area (Å²) in [7, 11) is 0. The number of halogens is 3. The topological polar surface area (TPSA) is 46.5 Å². The smallest absolute Gasteiger partial charge is 0.417 e. The van der Waals surface area contributed by atoms with Crippen molar-refractivity contribution in [1.82, 2.24) is 0 Å². The summed E-state index contributed by atoms with van der Waals surface area (Å²) in [6.45, 7) is 4.13. The second-order valence-electron chi connectivity index (χ2n) is 6.35. The molecule has 148 valence electrons. The predicted octanol–water partition coefficient (Wildman–Crippen LogP) is 5.47. The summed E-state index contributed by atoms with van der Waals surface area (Å²) in [4.78, 5) is 12.0. The lowest BCUT2D eigenvalue weighted by molar-refractivity contribution is -0.137. The SMILES string of the molecule is CCCCCOC(=O)c1ccc(C#Cc2ccc(O)cc2C(F)(F)F)c(C)c1. The van der Waals surface area contributed by atoms with Gasteiger partial charge in [0.2, 0.25) is 0 Å². The number of phenols is 1. The van der Waals surface area contributed by atoms with Gasteiger partial charge in [0.05, 0.1) is 17.7 Å². The highest BCUT2D eigenvalue weighted by Gasteiger charge is 2.33. The van der Waals surface area contributed by atoms with Crippen molar-refractivity contribution in [3.8, 4) is 17.6 Å². The highest BCUT2D eigenvalue weighted by molar-refractivity contribution is 5.89. The summed E-state index contributed by atoms with van der Waals surface area (Å²) >= 11 is 0. The third-order valence-corrected chi connectivity index (χ3v) is 4.08. The average Bonchev–Trinajstić information content (AvgIpc) is 2.64. The van der Waals surface area contributed by atoms with Crippen LogP contribution in [0.1, 0.15) is 58.8 Å². The van der Waals surface area contributed by atoms with Crippen molar-refractivity contribution in [2.45, 2.75) is 39.3 Å². The molecule has 3 nitrogen and oxygen atoms in total. The van der Waals surface area contributed by atoms with E-state index in [1.165, 1.54) is 0 Å². The fourth-order valence-electron chi connectivity index (χ4n) is 2.54. The maximum absolute atomic E-state index is 13.1. The molecule has 28 heavy (non-hydrogen) atoms. The Labute approximate surface area is 162 Å². The molecule has 2 rings (SSSR count). The van der Waals surface area contributed by atoms with Crippen LogP contribution in [0.4, 0.5) is 13.2 Å². The lowest BCUT2D eigenvalue weighted by atomic mass is 10.0. The third kappa shape index (κ3) is 5.78. The first-order valence-electron chi connectivity index (χ1n) is 8.92. The van der Waals surface area contributed by atoms with Gasteiger partial charge in [0.25, 0.3) is 0 Å². The quantitative estimate of drug-likeness (QED) is 0.419. The second kappa shape index (κ2) is 9.32. The number of carbonyl (C=O) groups is 1. The summed E-state index contributed by atoms with van der Waals surface area (Å²) < 4.78 is 44.5. The van der Waals surface area contributed by atoms with Crippen molar-refractivity contribution in [3.63, 3.8) is 0 Å². The van der Waals surface area contributed by atoms with Gasteiger partial charge >= 0.3 is 12.1 Å². The molecule has 0 fully saturated rings. The van der Waals surface area contributed by atoms with E-state index in [9.17, 15) is 23.1 Å². The molecule has 0 saturated heterocycles. The van der Waals surface area contributed by atoms with Crippen LogP contribution in [0.15, 0.2) is 36.4 Å². The largest absolute Gasteiger partial charge is 0.508 e. The molecule has 0 aromatic heterocycles. The zero-order valence-electron chi connectivity index (χ0n) is 15.7. The minimum Gasteiger partial charge on any atom is -0.508 e. The van der Waals surface area contributed by atoms with Crippen LogP contribution in [0.2, 0.25) is 0 Å². The molecule has 0 aliphatic heterocycles. The van der Waals surface area contributed by atoms with Gasteiger partial charge in [-0.3, -0.25) is 0 Å². The van der Waals surface area contributed by atoms with Gasteiger partial charge in [0.1, 0.15) is 5.75 Å². The Morgan fingerprint density at radius 1 is 1.07 bits per heavy atom. The minimum absolute atomic E-state index is 0.232. The Morgan fingerprint density at radius 2 is 1.75 bits per heavy atom. The summed E-state index contributed by atoms with van der Waals surface area (Å²) in [6.07, 6.45) is -1.80. The van der Waals surface area contributed by atoms with Crippen molar-refractivity contribution < 1.29 is 27.8 Å². The molecule has 0 aliphatic rings. The summed E-state index contributed by atoms with van der Waals surface area (Å²) in [5.74, 6) is 4.30. The monoisotopic (exact) mass is 390 g/mol. The van der Waals surface area contributed by atoms with Gasteiger partial charge in [-0.05, 0) is 55.3 Å². The highest BCUT2D eigenvalue weighted by atomic mass is 19.4. The number of phenolic OH excluding ortho intramolecular Hbond substituents is 1. The van der Waals surface area contributed by atoms with Crippen LogP contribution < -0.4 is 0 Å². The van der Waals surface area contributed by atoms with E-state index in [4.69, 9.17) is 4.74 Å². The van der Waals surface area contributed by atoms with E-state index in [1.54, 1.807) is 25.1 Å². The van der Waals surface area contributed by atoms with E-state index in [0.717, 1.165) is 31.4 Å². The number of aromatic hydroxyl groups is 1. The average molecular weight is 390 g/mol. The van der Waals surface area contributed by atoms with Crippen LogP contribution in [0.25, 0.3) is 0 Å². The van der Waals surface area contributed by atoms with Gasteiger partial charge in [-0.2, -0.15) is 13.2 Å². The fourth-order valence-corrected chi connectivity index (χ4v) is 2.54. The Balaban J connectivity index is 2.21. The first-order chi connectivity index (χ1) is 13.2. The number of hydrogen-bond donors (Lipinski definition) is 1. The van der Waals surface area contributed by atoms with Gasteiger partial charge in [-0.1, -0.05) is 31.6 Å². The van der Waals surface area contributed by atoms with E-state index in [1.807, 2.05) is 0 Å². The highest BCUT2D eigenvalue weighted by Crippen LogP contribution is 2.33. The summed E-state index contributed by atoms with van der Waals surface area (Å²) in [5.41, 5.74) is 0.306. The number of esters is 1. The molecule has 0 amide bonds. The van der Waals surface area contributed by atoms with Crippen LogP contribution >= 0.6 is 0 Å². The zero-order valence-corrected chi connectivity index (χ0v) is 15.7. The molecule has 0 unspecified atom stereocenters. The van der Waals surface area contributed by atoms with E-state index >= 15 is 0 Å². The number of unbranched alkanes of at least 4 members (excludes halogenated alkanes) is 2. The van der Waals surface area contributed by atoms with Crippen LogP contribution in [0, 0.1) is 18.8 Å². The van der Waals surface area contributed by atoms with Crippen molar-refractivity contribution >= 4 is 5.97 Å². The molecular weight excluding hydrogens is 369 g/mol. The Morgan fingerprint density at radius 3 is 2.39 bits per heavy atom. The molecule has 0 heterocycles. The van der Waals surface area contributed by atoms with Gasteiger partial charge in [-0.15, -0.1) is 0 Å². The Hall–Kier alpha value is -2.94. The number of rotatable bonds is 5. The normalized spacial score (nSPS) is 10.9. The number of alkyl halides is 3. The molecule has 0 bridgehead atoms. The molecule has 0 radical (unpaired) electrons. The number of benzene rings is 2. The lowest BCUT2D eigenvalue weighted by Crippen LogP contribution is -2.07. The van der Waals surface area contributed by atoms with Crippen LogP contribution in [-0.4, -0.2) is 17.7 Å². The van der Waals surface area contributed by atoms with Gasteiger partial charge in [-0.25, -0.2) is 4.79 Å². The molecule has 1 N–H and O–H groups in total. The van der Waals surface area contributed by atoms with Crippen molar-refractivity contribution in [2.75, 3.05) is 6.61 Å². The number of aryl methyl sites for hydroxylation is 1. The fraction of sp³-hybridized carbons (Fsp3) is 0.318. The molecule has 2 aromatic rings. The number of carbonyl (C=O) groups excluding carboxylic acids is 1. The van der Waals surface area contributed by atoms with Gasteiger partial charge < -0.3 is 9.84 Å². The van der Waals surface area contributed by atoms with E-state index in [0.29, 0.717) is 29.4 Å². The van der Waals surface area contributed by atoms with Crippen LogP contribution in [0.5, 0.6) is 5.75 Å². The van der Waals surface area contributed by atoms with Crippen molar-refractivity contribution in [3.05, 3.63) is 64.2 Å². The summed E-state index contributed by atoms with van der Waals surface area (Å²) in [5, 5.41) is 9.31. The van der Waals surface area contributed by atoms with Crippen molar-refractivity contribution in [2.24, 2.45) is 0 Å².